The normalized spacial score (nSPS) is 14.8. The maximum Gasteiger partial charge on any atom is 0.257 e. The van der Waals surface area contributed by atoms with Crippen molar-refractivity contribution in [1.29, 1.82) is 0 Å². The molecule has 1 aliphatic rings. The van der Waals surface area contributed by atoms with Crippen LogP contribution in [0.3, 0.4) is 0 Å². The number of benzene rings is 1. The van der Waals surface area contributed by atoms with Gasteiger partial charge in [-0.25, -0.2) is 15.0 Å². The minimum atomic E-state index is -0.194. The first-order chi connectivity index (χ1) is 18.1. The average molecular weight is 493 g/mol. The van der Waals surface area contributed by atoms with Gasteiger partial charge in [0.2, 0.25) is 0 Å². The number of anilines is 1. The Hall–Kier alpha value is -4.34. The summed E-state index contributed by atoms with van der Waals surface area (Å²) in [5.41, 5.74) is 17.4. The standard InChI is InChI=1S/C28H28N8O/c29-19-11-15-35(16-12-19)17-18-5-7-20(8-6-18)36-26(22-4-2-13-31-25(22)30)34-24-10-9-23(33-27(24)36)21-3-1-14-32-28(21)37/h1-10,13-14,19H,11-12,15-17,29H2,(H2,30,31)(H,32,37). The van der Waals surface area contributed by atoms with Crippen LogP contribution in [0.25, 0.3) is 39.5 Å². The number of aromatic amines is 1. The third-order valence-corrected chi connectivity index (χ3v) is 6.91. The van der Waals surface area contributed by atoms with E-state index in [1.165, 1.54) is 5.56 Å². The van der Waals surface area contributed by atoms with Crippen molar-refractivity contribution in [3.8, 4) is 28.3 Å². The molecule has 0 atom stereocenters. The summed E-state index contributed by atoms with van der Waals surface area (Å²) in [5, 5.41) is 0. The SMILES string of the molecule is Nc1ncccc1-c1nc2ccc(-c3ccc[nH]c3=O)nc2n1-c1ccc(CN2CCC(N)CC2)cc1. The molecule has 4 aromatic heterocycles. The molecule has 0 spiro atoms. The molecule has 1 aromatic carbocycles. The minimum Gasteiger partial charge on any atom is -0.383 e. The first kappa shape index (κ1) is 23.1. The van der Waals surface area contributed by atoms with Crippen LogP contribution in [0.4, 0.5) is 5.82 Å². The van der Waals surface area contributed by atoms with E-state index in [1.54, 1.807) is 24.5 Å². The van der Waals surface area contributed by atoms with Gasteiger partial charge in [-0.3, -0.25) is 14.3 Å². The van der Waals surface area contributed by atoms with E-state index in [4.69, 9.17) is 21.4 Å². The molecule has 6 rings (SSSR count). The van der Waals surface area contributed by atoms with Gasteiger partial charge in [0.15, 0.2) is 11.5 Å². The Kier molecular flexibility index (Phi) is 5.99. The van der Waals surface area contributed by atoms with Crippen molar-refractivity contribution < 1.29 is 0 Å². The second-order valence-corrected chi connectivity index (χ2v) is 9.44. The zero-order valence-electron chi connectivity index (χ0n) is 20.3. The Labute approximate surface area is 213 Å². The van der Waals surface area contributed by atoms with E-state index in [0.717, 1.165) is 38.2 Å². The highest BCUT2D eigenvalue weighted by atomic mass is 16.1. The topological polar surface area (TPSA) is 132 Å². The van der Waals surface area contributed by atoms with Gasteiger partial charge in [-0.2, -0.15) is 0 Å². The fourth-order valence-corrected chi connectivity index (χ4v) is 4.88. The smallest absolute Gasteiger partial charge is 0.257 e. The number of nitrogens with two attached hydrogens (primary N) is 2. The second kappa shape index (κ2) is 9.61. The summed E-state index contributed by atoms with van der Waals surface area (Å²) in [7, 11) is 0. The molecule has 9 nitrogen and oxygen atoms in total. The van der Waals surface area contributed by atoms with Crippen LogP contribution < -0.4 is 17.0 Å². The summed E-state index contributed by atoms with van der Waals surface area (Å²) >= 11 is 0. The van der Waals surface area contributed by atoms with Gasteiger partial charge >= 0.3 is 0 Å². The quantitative estimate of drug-likeness (QED) is 0.343. The van der Waals surface area contributed by atoms with Gasteiger partial charge in [0, 0.05) is 30.7 Å². The van der Waals surface area contributed by atoms with E-state index in [-0.39, 0.29) is 5.56 Å². The van der Waals surface area contributed by atoms with Crippen LogP contribution in [-0.4, -0.2) is 48.5 Å². The molecular weight excluding hydrogens is 464 g/mol. The summed E-state index contributed by atoms with van der Waals surface area (Å²) in [6, 6.07) is 19.7. The predicted molar refractivity (Wildman–Crippen MR) is 145 cm³/mol. The van der Waals surface area contributed by atoms with Crippen LogP contribution in [0.15, 0.2) is 77.9 Å². The molecule has 0 unspecified atom stereocenters. The summed E-state index contributed by atoms with van der Waals surface area (Å²) < 4.78 is 1.98. The van der Waals surface area contributed by atoms with Crippen LogP contribution in [0.5, 0.6) is 0 Å². The maximum atomic E-state index is 12.4. The van der Waals surface area contributed by atoms with Crippen LogP contribution >= 0.6 is 0 Å². The molecule has 5 heterocycles. The zero-order chi connectivity index (χ0) is 25.4. The lowest BCUT2D eigenvalue weighted by molar-refractivity contribution is 0.205. The monoisotopic (exact) mass is 492 g/mol. The highest BCUT2D eigenvalue weighted by Crippen LogP contribution is 2.31. The molecule has 0 bridgehead atoms. The van der Waals surface area contributed by atoms with Crippen molar-refractivity contribution in [3.05, 3.63) is 89.0 Å². The number of imidazole rings is 1. The average Bonchev–Trinajstić information content (AvgIpc) is 3.29. The zero-order valence-corrected chi connectivity index (χ0v) is 20.3. The number of piperidine rings is 1. The Morgan fingerprint density at radius 2 is 1.73 bits per heavy atom. The lowest BCUT2D eigenvalue weighted by atomic mass is 10.1. The number of nitrogen functional groups attached to an aromatic ring is 1. The van der Waals surface area contributed by atoms with Crippen molar-refractivity contribution >= 4 is 17.0 Å². The molecule has 186 valence electrons. The second-order valence-electron chi connectivity index (χ2n) is 9.44. The van der Waals surface area contributed by atoms with Gasteiger partial charge in [0.1, 0.15) is 11.3 Å². The van der Waals surface area contributed by atoms with E-state index >= 15 is 0 Å². The number of aromatic nitrogens is 5. The number of likely N-dealkylation sites (tertiary alicyclic amines) is 1. The van der Waals surface area contributed by atoms with Gasteiger partial charge in [-0.05, 0) is 80.0 Å². The molecule has 1 aliphatic heterocycles. The van der Waals surface area contributed by atoms with Gasteiger partial charge in [0.25, 0.3) is 5.56 Å². The van der Waals surface area contributed by atoms with Gasteiger partial charge < -0.3 is 16.5 Å². The summed E-state index contributed by atoms with van der Waals surface area (Å²) in [6.07, 6.45) is 5.34. The van der Waals surface area contributed by atoms with Gasteiger partial charge in [0.05, 0.1) is 16.8 Å². The van der Waals surface area contributed by atoms with Crippen molar-refractivity contribution in [2.75, 3.05) is 18.8 Å². The number of H-pyrrole nitrogens is 1. The van der Waals surface area contributed by atoms with Crippen molar-refractivity contribution in [2.45, 2.75) is 25.4 Å². The summed E-state index contributed by atoms with van der Waals surface area (Å²) in [4.78, 5) is 31.6. The van der Waals surface area contributed by atoms with Crippen LogP contribution in [0, 0.1) is 0 Å². The van der Waals surface area contributed by atoms with Gasteiger partial charge in [-0.1, -0.05) is 12.1 Å². The van der Waals surface area contributed by atoms with Crippen LogP contribution in [0.2, 0.25) is 0 Å². The Morgan fingerprint density at radius 3 is 2.49 bits per heavy atom. The van der Waals surface area contributed by atoms with Crippen molar-refractivity contribution in [2.24, 2.45) is 5.73 Å². The molecule has 1 fully saturated rings. The molecule has 5 N–H and O–H groups in total. The first-order valence-electron chi connectivity index (χ1n) is 12.4. The largest absolute Gasteiger partial charge is 0.383 e. The maximum absolute atomic E-state index is 12.4. The lowest BCUT2D eigenvalue weighted by Gasteiger charge is -2.30. The van der Waals surface area contributed by atoms with Crippen LogP contribution in [0.1, 0.15) is 18.4 Å². The summed E-state index contributed by atoms with van der Waals surface area (Å²) in [6.45, 7) is 2.93. The molecule has 0 amide bonds. The lowest BCUT2D eigenvalue weighted by Crippen LogP contribution is -2.39. The molecule has 9 heteroatoms. The predicted octanol–water partition coefficient (Wildman–Crippen LogP) is 3.34. The number of hydrogen-bond acceptors (Lipinski definition) is 7. The Balaban J connectivity index is 1.45. The highest BCUT2D eigenvalue weighted by Gasteiger charge is 2.20. The molecular formula is C28H28N8O. The number of pyridine rings is 3. The third-order valence-electron chi connectivity index (χ3n) is 6.91. The number of hydrogen-bond donors (Lipinski definition) is 3. The third kappa shape index (κ3) is 4.50. The Morgan fingerprint density at radius 1 is 0.946 bits per heavy atom. The van der Waals surface area contributed by atoms with Crippen molar-refractivity contribution in [3.63, 3.8) is 0 Å². The number of fused-ring (bicyclic) bond motifs is 1. The van der Waals surface area contributed by atoms with E-state index in [1.807, 2.05) is 28.8 Å². The van der Waals surface area contributed by atoms with E-state index in [2.05, 4.69) is 39.1 Å². The van der Waals surface area contributed by atoms with Gasteiger partial charge in [-0.15, -0.1) is 0 Å². The molecule has 0 saturated carbocycles. The molecule has 1 saturated heterocycles. The highest BCUT2D eigenvalue weighted by molar-refractivity contribution is 5.84. The number of nitrogens with one attached hydrogen (secondary N) is 1. The molecule has 0 aliphatic carbocycles. The number of nitrogens with zero attached hydrogens (tertiary/aromatic N) is 5. The summed E-state index contributed by atoms with van der Waals surface area (Å²) in [5.74, 6) is 1.03. The molecule has 0 radical (unpaired) electrons. The fraction of sp³-hybridized carbons (Fsp3) is 0.214. The van der Waals surface area contributed by atoms with E-state index < -0.39 is 0 Å². The minimum absolute atomic E-state index is 0.194. The first-order valence-corrected chi connectivity index (χ1v) is 12.4. The molecule has 37 heavy (non-hydrogen) atoms. The van der Waals surface area contributed by atoms with Crippen molar-refractivity contribution in [1.82, 2.24) is 29.4 Å². The van der Waals surface area contributed by atoms with E-state index in [9.17, 15) is 4.79 Å². The fourth-order valence-electron chi connectivity index (χ4n) is 4.88. The van der Waals surface area contributed by atoms with Crippen LogP contribution in [-0.2, 0) is 6.54 Å². The molecule has 5 aromatic rings. The Bertz CT molecular complexity index is 1610. The number of rotatable bonds is 5. The van der Waals surface area contributed by atoms with E-state index in [0.29, 0.717) is 45.7 Å².